The van der Waals surface area contributed by atoms with Crippen LogP contribution in [0, 0.1) is 0 Å². The van der Waals surface area contributed by atoms with Crippen LogP contribution in [0.3, 0.4) is 0 Å². The quantitative estimate of drug-likeness (QED) is 0.312. The fraction of sp³-hybridized carbons (Fsp3) is 0.500. The fourth-order valence-corrected chi connectivity index (χ4v) is 0.823. The molecule has 0 fully saturated rings. The van der Waals surface area contributed by atoms with E-state index in [2.05, 4.69) is 4.74 Å². The molecule has 0 saturated heterocycles. The van der Waals surface area contributed by atoms with Gasteiger partial charge in [0.1, 0.15) is 6.10 Å². The Labute approximate surface area is 116 Å². The molecule has 0 unspecified atom stereocenters. The number of aliphatic hydroxyl groups is 4. The van der Waals surface area contributed by atoms with Crippen molar-refractivity contribution in [1.29, 1.82) is 0 Å². The molecule has 0 bridgehead atoms. The molecule has 2 atom stereocenters. The van der Waals surface area contributed by atoms with Gasteiger partial charge in [-0.2, -0.15) is 0 Å². The molecular formula is C6H9KO6. The number of esters is 1. The zero-order valence-electron chi connectivity index (χ0n) is 5.97. The molecule has 13 heavy (non-hydrogen) atoms. The van der Waals surface area contributed by atoms with Gasteiger partial charge in [0.15, 0.2) is 11.9 Å². The summed E-state index contributed by atoms with van der Waals surface area (Å²) in [6.45, 7) is -0.671. The summed E-state index contributed by atoms with van der Waals surface area (Å²) in [5.41, 5.74) is 0. The van der Waals surface area contributed by atoms with Crippen molar-refractivity contribution in [2.45, 2.75) is 12.2 Å². The van der Waals surface area contributed by atoms with Gasteiger partial charge >= 0.3 is 57.4 Å². The predicted octanol–water partition coefficient (Wildman–Crippen LogP) is -2.06. The van der Waals surface area contributed by atoms with Gasteiger partial charge < -0.3 is 25.2 Å². The third-order valence-corrected chi connectivity index (χ3v) is 1.48. The molecule has 0 radical (unpaired) electrons. The minimum atomic E-state index is -1.42. The average molecular weight is 216 g/mol. The number of hydrogen-bond acceptors (Lipinski definition) is 6. The number of hydrogen-bond donors (Lipinski definition) is 4. The molecule has 1 aliphatic heterocycles. The van der Waals surface area contributed by atoms with E-state index in [-0.39, 0.29) is 51.4 Å². The van der Waals surface area contributed by atoms with Crippen LogP contribution >= 0.6 is 0 Å². The molecule has 4 N–H and O–H groups in total. The van der Waals surface area contributed by atoms with Gasteiger partial charge in [0.05, 0.1) is 6.61 Å². The van der Waals surface area contributed by atoms with Crippen LogP contribution in [0.5, 0.6) is 0 Å². The number of carbonyl (C=O) groups excluding carboxylic acids is 1. The number of aliphatic hydroxyl groups excluding tert-OH is 4. The van der Waals surface area contributed by atoms with Crippen LogP contribution in [0.1, 0.15) is 0 Å². The van der Waals surface area contributed by atoms with Crippen LogP contribution in [0.15, 0.2) is 11.5 Å². The molecule has 6 nitrogen and oxygen atoms in total. The van der Waals surface area contributed by atoms with Crippen molar-refractivity contribution in [2.75, 3.05) is 6.61 Å². The summed E-state index contributed by atoms with van der Waals surface area (Å²) >= 11 is 0. The van der Waals surface area contributed by atoms with Crippen LogP contribution in [0.25, 0.3) is 0 Å². The topological polar surface area (TPSA) is 107 Å². The third-order valence-electron chi connectivity index (χ3n) is 1.48. The molecule has 0 spiro atoms. The first kappa shape index (κ1) is 13.4. The van der Waals surface area contributed by atoms with Crippen LogP contribution in [-0.2, 0) is 9.53 Å². The van der Waals surface area contributed by atoms with Gasteiger partial charge in [0.25, 0.3) is 0 Å². The van der Waals surface area contributed by atoms with Crippen LogP contribution < -0.4 is 0 Å². The molecule has 0 saturated carbocycles. The molecular weight excluding hydrogens is 207 g/mol. The van der Waals surface area contributed by atoms with Crippen molar-refractivity contribution in [2.24, 2.45) is 0 Å². The third kappa shape index (κ3) is 2.66. The van der Waals surface area contributed by atoms with Gasteiger partial charge in [0.2, 0.25) is 5.76 Å². The van der Waals surface area contributed by atoms with Gasteiger partial charge in [-0.3, -0.25) is 0 Å². The minimum absolute atomic E-state index is 0. The first-order valence-electron chi connectivity index (χ1n) is 3.20. The van der Waals surface area contributed by atoms with Gasteiger partial charge in [-0.15, -0.1) is 0 Å². The van der Waals surface area contributed by atoms with Gasteiger partial charge in [-0.25, -0.2) is 4.79 Å². The van der Waals surface area contributed by atoms with Crippen molar-refractivity contribution >= 4 is 57.4 Å². The maximum absolute atomic E-state index is 10.5. The standard InChI is InChI=1S/C6H8O6.K.H/c7-1-2(8)5-3(9)4(10)6(11)12-5;;/h2,5,7-10H,1H2;;/t2-,5+;;/m0../s1. The Morgan fingerprint density at radius 2 is 2.00 bits per heavy atom. The van der Waals surface area contributed by atoms with E-state index in [0.717, 1.165) is 0 Å². The van der Waals surface area contributed by atoms with Gasteiger partial charge in [0, 0.05) is 0 Å². The Morgan fingerprint density at radius 1 is 1.46 bits per heavy atom. The number of ether oxygens (including phenoxy) is 1. The monoisotopic (exact) mass is 216 g/mol. The summed E-state index contributed by atoms with van der Waals surface area (Å²) in [4.78, 5) is 10.5. The second-order valence-corrected chi connectivity index (χ2v) is 2.31. The van der Waals surface area contributed by atoms with Gasteiger partial charge in [-0.1, -0.05) is 0 Å². The fourth-order valence-electron chi connectivity index (χ4n) is 0.823. The average Bonchev–Trinajstić information content (AvgIpc) is 2.32. The number of rotatable bonds is 2. The summed E-state index contributed by atoms with van der Waals surface area (Å²) in [6, 6.07) is 0. The normalized spacial score (nSPS) is 23.8. The van der Waals surface area contributed by atoms with Gasteiger partial charge in [-0.05, 0) is 0 Å². The van der Waals surface area contributed by atoms with Crippen LogP contribution in [-0.4, -0.2) is 96.6 Å². The Hall–Kier alpha value is 0.366. The summed E-state index contributed by atoms with van der Waals surface area (Å²) in [7, 11) is 0. The van der Waals surface area contributed by atoms with Crippen LogP contribution in [0.2, 0.25) is 0 Å². The zero-order chi connectivity index (χ0) is 9.30. The summed E-state index contributed by atoms with van der Waals surface area (Å²) in [5, 5.41) is 35.0. The predicted molar refractivity (Wildman–Crippen MR) is 42.4 cm³/mol. The molecule has 0 aliphatic carbocycles. The van der Waals surface area contributed by atoms with E-state index in [1.807, 2.05) is 0 Å². The van der Waals surface area contributed by atoms with E-state index < -0.39 is 36.3 Å². The SMILES string of the molecule is O=C1O[C@H]([C@@H](O)CO)C(O)=C1O.[KH]. The maximum atomic E-state index is 10.5. The Morgan fingerprint density at radius 3 is 2.31 bits per heavy atom. The number of cyclic esters (lactones) is 1. The molecule has 0 aromatic carbocycles. The molecule has 1 rings (SSSR count). The first-order chi connectivity index (χ1) is 5.57. The summed E-state index contributed by atoms with van der Waals surface area (Å²) in [5.74, 6) is -2.78. The molecule has 0 aromatic heterocycles. The van der Waals surface area contributed by atoms with E-state index in [9.17, 15) is 4.79 Å². The molecule has 1 aliphatic rings. The van der Waals surface area contributed by atoms with E-state index in [4.69, 9.17) is 20.4 Å². The Bertz CT molecular complexity index is 237. The van der Waals surface area contributed by atoms with E-state index in [1.165, 1.54) is 0 Å². The van der Waals surface area contributed by atoms with Crippen LogP contribution in [0.4, 0.5) is 0 Å². The molecule has 1 heterocycles. The second-order valence-electron chi connectivity index (χ2n) is 2.31. The molecule has 0 amide bonds. The summed E-state index contributed by atoms with van der Waals surface area (Å²) in [6.07, 6.45) is -2.78. The zero-order valence-corrected chi connectivity index (χ0v) is 5.97. The van der Waals surface area contributed by atoms with Crippen molar-refractivity contribution in [3.05, 3.63) is 11.5 Å². The van der Waals surface area contributed by atoms with Crippen molar-refractivity contribution in [3.63, 3.8) is 0 Å². The summed E-state index contributed by atoms with van der Waals surface area (Å²) < 4.78 is 4.32. The van der Waals surface area contributed by atoms with E-state index in [0.29, 0.717) is 0 Å². The first-order valence-corrected chi connectivity index (χ1v) is 3.20. The van der Waals surface area contributed by atoms with Crippen molar-refractivity contribution < 1.29 is 30.0 Å². The molecule has 0 aromatic rings. The van der Waals surface area contributed by atoms with E-state index in [1.54, 1.807) is 0 Å². The Balaban J connectivity index is 0.00000144. The Kier molecular flexibility index (Phi) is 5.45. The molecule has 7 heteroatoms. The van der Waals surface area contributed by atoms with Crippen molar-refractivity contribution in [3.8, 4) is 0 Å². The second kappa shape index (κ2) is 5.30. The molecule has 70 valence electrons. The number of carbonyl (C=O) groups is 1. The van der Waals surface area contributed by atoms with Crippen molar-refractivity contribution in [1.82, 2.24) is 0 Å². The van der Waals surface area contributed by atoms with E-state index >= 15 is 0 Å².